The van der Waals surface area contributed by atoms with Crippen molar-refractivity contribution in [3.63, 3.8) is 0 Å². The van der Waals surface area contributed by atoms with Gasteiger partial charge in [0.2, 0.25) is 0 Å². The molecule has 0 radical (unpaired) electrons. The second-order valence-electron chi connectivity index (χ2n) is 2.98. The van der Waals surface area contributed by atoms with E-state index in [2.05, 4.69) is 4.74 Å². The first-order valence-corrected chi connectivity index (χ1v) is 4.48. The average molecular weight is 205 g/mol. The van der Waals surface area contributed by atoms with Crippen LogP contribution in [0.3, 0.4) is 0 Å². The lowest BCUT2D eigenvalue weighted by Gasteiger charge is -2.06. The Bertz CT molecular complexity index is 432. The van der Waals surface area contributed by atoms with Crippen molar-refractivity contribution >= 4 is 5.97 Å². The fourth-order valence-corrected chi connectivity index (χ4v) is 1.30. The number of nitriles is 1. The van der Waals surface area contributed by atoms with Crippen LogP contribution in [0.5, 0.6) is 5.75 Å². The number of rotatable bonds is 2. The van der Waals surface area contributed by atoms with Crippen LogP contribution >= 0.6 is 0 Å². The number of methoxy groups -OCH3 is 1. The Morgan fingerprint density at radius 1 is 1.60 bits per heavy atom. The van der Waals surface area contributed by atoms with Crippen LogP contribution in [0.4, 0.5) is 0 Å². The summed E-state index contributed by atoms with van der Waals surface area (Å²) in [7, 11) is 1.24. The lowest BCUT2D eigenvalue weighted by atomic mass is 10.0. The molecule has 0 unspecified atom stereocenters. The third-order valence-electron chi connectivity index (χ3n) is 2.13. The van der Waals surface area contributed by atoms with Gasteiger partial charge in [0, 0.05) is 0 Å². The van der Waals surface area contributed by atoms with E-state index in [1.807, 2.05) is 13.0 Å². The molecule has 0 aliphatic carbocycles. The summed E-state index contributed by atoms with van der Waals surface area (Å²) >= 11 is 0. The molecule has 1 aromatic carbocycles. The molecule has 4 heteroatoms. The highest BCUT2D eigenvalue weighted by Gasteiger charge is 2.14. The molecular formula is C11H11NO3. The van der Waals surface area contributed by atoms with Crippen molar-refractivity contribution in [1.29, 1.82) is 5.26 Å². The number of hydrogen-bond acceptors (Lipinski definition) is 4. The SMILES string of the molecule is CCc1cc(C(=O)OC)c(O)cc1C#N. The first-order chi connectivity index (χ1) is 7.13. The van der Waals surface area contributed by atoms with Gasteiger partial charge in [-0.05, 0) is 24.1 Å². The number of carbonyl (C=O) groups is 1. The Morgan fingerprint density at radius 2 is 2.27 bits per heavy atom. The Balaban J connectivity index is 3.33. The van der Waals surface area contributed by atoms with Gasteiger partial charge in [-0.25, -0.2) is 4.79 Å². The van der Waals surface area contributed by atoms with E-state index in [-0.39, 0.29) is 11.3 Å². The molecule has 0 atom stereocenters. The fraction of sp³-hybridized carbons (Fsp3) is 0.273. The largest absolute Gasteiger partial charge is 0.507 e. The van der Waals surface area contributed by atoms with Gasteiger partial charge in [-0.3, -0.25) is 0 Å². The minimum Gasteiger partial charge on any atom is -0.507 e. The van der Waals surface area contributed by atoms with Crippen LogP contribution < -0.4 is 0 Å². The Hall–Kier alpha value is -2.02. The summed E-state index contributed by atoms with van der Waals surface area (Å²) in [6, 6.07) is 4.73. The fourth-order valence-electron chi connectivity index (χ4n) is 1.30. The molecule has 0 bridgehead atoms. The maximum atomic E-state index is 11.2. The van der Waals surface area contributed by atoms with Crippen LogP contribution in [0, 0.1) is 11.3 Å². The van der Waals surface area contributed by atoms with Crippen LogP contribution in [0.15, 0.2) is 12.1 Å². The molecule has 0 aliphatic heterocycles. The third kappa shape index (κ3) is 2.08. The molecule has 0 amide bonds. The zero-order chi connectivity index (χ0) is 11.4. The number of ether oxygens (including phenoxy) is 1. The van der Waals surface area contributed by atoms with Gasteiger partial charge >= 0.3 is 5.97 Å². The molecule has 1 aromatic rings. The van der Waals surface area contributed by atoms with Crippen molar-refractivity contribution in [1.82, 2.24) is 0 Å². The van der Waals surface area contributed by atoms with Crippen LogP contribution in [0.2, 0.25) is 0 Å². The number of phenolic OH excluding ortho intramolecular Hbond substituents is 1. The number of aromatic hydroxyl groups is 1. The van der Waals surface area contributed by atoms with Crippen molar-refractivity contribution in [3.05, 3.63) is 28.8 Å². The van der Waals surface area contributed by atoms with E-state index >= 15 is 0 Å². The van der Waals surface area contributed by atoms with Crippen LogP contribution in [-0.4, -0.2) is 18.2 Å². The van der Waals surface area contributed by atoms with Gasteiger partial charge in [0.15, 0.2) is 0 Å². The standard InChI is InChI=1S/C11H11NO3/c1-3-7-4-9(11(14)15-2)10(13)5-8(7)6-12/h4-5,13H,3H2,1-2H3. The predicted molar refractivity (Wildman–Crippen MR) is 53.5 cm³/mol. The summed E-state index contributed by atoms with van der Waals surface area (Å²) in [6.07, 6.45) is 0.618. The minimum atomic E-state index is -0.605. The van der Waals surface area contributed by atoms with Crippen LogP contribution in [0.1, 0.15) is 28.4 Å². The van der Waals surface area contributed by atoms with Gasteiger partial charge in [-0.15, -0.1) is 0 Å². The molecule has 78 valence electrons. The highest BCUT2D eigenvalue weighted by Crippen LogP contribution is 2.23. The molecule has 0 spiro atoms. The van der Waals surface area contributed by atoms with Crippen molar-refractivity contribution in [2.45, 2.75) is 13.3 Å². The quantitative estimate of drug-likeness (QED) is 0.744. The van der Waals surface area contributed by atoms with Gasteiger partial charge in [0.05, 0.1) is 18.7 Å². The number of phenols is 1. The van der Waals surface area contributed by atoms with Gasteiger partial charge in [0.25, 0.3) is 0 Å². The molecule has 0 aliphatic rings. The van der Waals surface area contributed by atoms with Gasteiger partial charge < -0.3 is 9.84 Å². The number of aryl methyl sites for hydroxylation is 1. The number of benzene rings is 1. The van der Waals surface area contributed by atoms with Crippen molar-refractivity contribution in [3.8, 4) is 11.8 Å². The van der Waals surface area contributed by atoms with Gasteiger partial charge in [-0.1, -0.05) is 6.92 Å². The van der Waals surface area contributed by atoms with E-state index in [1.54, 1.807) is 0 Å². The van der Waals surface area contributed by atoms with Gasteiger partial charge in [-0.2, -0.15) is 5.26 Å². The first kappa shape index (κ1) is 11.1. The molecule has 1 N–H and O–H groups in total. The first-order valence-electron chi connectivity index (χ1n) is 4.48. The number of hydrogen-bond donors (Lipinski definition) is 1. The van der Waals surface area contributed by atoms with E-state index in [4.69, 9.17) is 5.26 Å². The highest BCUT2D eigenvalue weighted by molar-refractivity contribution is 5.92. The highest BCUT2D eigenvalue weighted by atomic mass is 16.5. The van der Waals surface area contributed by atoms with Gasteiger partial charge in [0.1, 0.15) is 11.3 Å². The predicted octanol–water partition coefficient (Wildman–Crippen LogP) is 1.61. The summed E-state index contributed by atoms with van der Waals surface area (Å²) in [4.78, 5) is 11.2. The molecule has 1 rings (SSSR count). The molecule has 0 saturated heterocycles. The van der Waals surface area contributed by atoms with E-state index < -0.39 is 5.97 Å². The van der Waals surface area contributed by atoms with Crippen molar-refractivity contribution < 1.29 is 14.6 Å². The molecule has 15 heavy (non-hydrogen) atoms. The van der Waals surface area contributed by atoms with Crippen LogP contribution in [0.25, 0.3) is 0 Å². The van der Waals surface area contributed by atoms with Crippen LogP contribution in [-0.2, 0) is 11.2 Å². The summed E-state index contributed by atoms with van der Waals surface area (Å²) in [5.41, 5.74) is 1.19. The molecular weight excluding hydrogens is 194 g/mol. The Morgan fingerprint density at radius 3 is 2.73 bits per heavy atom. The third-order valence-corrected chi connectivity index (χ3v) is 2.13. The molecule has 0 aromatic heterocycles. The monoisotopic (exact) mass is 205 g/mol. The summed E-state index contributed by atoms with van der Waals surface area (Å²) < 4.78 is 4.51. The maximum absolute atomic E-state index is 11.2. The zero-order valence-electron chi connectivity index (χ0n) is 8.57. The van der Waals surface area contributed by atoms with Crippen molar-refractivity contribution in [2.24, 2.45) is 0 Å². The summed E-state index contributed by atoms with van der Waals surface area (Å²) in [5, 5.41) is 18.3. The Labute approximate surface area is 87.7 Å². The van der Waals surface area contributed by atoms with Crippen molar-refractivity contribution in [2.75, 3.05) is 7.11 Å². The summed E-state index contributed by atoms with van der Waals surface area (Å²) in [5.74, 6) is -0.831. The molecule has 0 fully saturated rings. The average Bonchev–Trinajstić information content (AvgIpc) is 2.27. The van der Waals surface area contributed by atoms with E-state index in [0.29, 0.717) is 12.0 Å². The zero-order valence-corrected chi connectivity index (χ0v) is 8.57. The second kappa shape index (κ2) is 4.47. The second-order valence-corrected chi connectivity index (χ2v) is 2.98. The number of nitrogens with zero attached hydrogens (tertiary/aromatic N) is 1. The summed E-state index contributed by atoms with van der Waals surface area (Å²) in [6.45, 7) is 1.87. The topological polar surface area (TPSA) is 70.3 Å². The van der Waals surface area contributed by atoms with E-state index in [9.17, 15) is 9.90 Å². The smallest absolute Gasteiger partial charge is 0.341 e. The minimum absolute atomic E-state index is 0.0911. The maximum Gasteiger partial charge on any atom is 0.341 e. The Kier molecular flexibility index (Phi) is 3.29. The molecule has 0 saturated carbocycles. The molecule has 0 heterocycles. The lowest BCUT2D eigenvalue weighted by Crippen LogP contribution is -2.03. The number of esters is 1. The van der Waals surface area contributed by atoms with E-state index in [0.717, 1.165) is 5.56 Å². The van der Waals surface area contributed by atoms with E-state index in [1.165, 1.54) is 19.2 Å². The molecule has 4 nitrogen and oxygen atoms in total. The normalized spacial score (nSPS) is 9.40. The number of carbonyl (C=O) groups excluding carboxylic acids is 1. The lowest BCUT2D eigenvalue weighted by molar-refractivity contribution is 0.0597.